The van der Waals surface area contributed by atoms with Gasteiger partial charge in [-0.2, -0.15) is 9.97 Å². The van der Waals surface area contributed by atoms with E-state index in [0.29, 0.717) is 28.6 Å². The summed E-state index contributed by atoms with van der Waals surface area (Å²) >= 11 is 0. The zero-order valence-electron chi connectivity index (χ0n) is 71.7. The highest BCUT2D eigenvalue weighted by molar-refractivity contribution is 7.53. The molecule has 9 saturated heterocycles. The van der Waals surface area contributed by atoms with E-state index in [2.05, 4.69) is 85.1 Å². The number of ether oxygens (including phenoxy) is 10. The summed E-state index contributed by atoms with van der Waals surface area (Å²) < 4.78 is 187. The summed E-state index contributed by atoms with van der Waals surface area (Å²) in [4.78, 5) is 162. The van der Waals surface area contributed by atoms with E-state index >= 15 is 0 Å². The smallest absolute Gasteiger partial charge is 0.397 e. The summed E-state index contributed by atoms with van der Waals surface area (Å²) in [6.07, 6.45) is -29.6. The molecule has 0 amide bonds. The third-order valence-electron chi connectivity index (χ3n) is 23.4. The number of pyridine rings is 1. The number of hydrogen-bond acceptors (Lipinski definition) is 52. The molecule has 0 aliphatic carbocycles. The Hall–Kier alpha value is -9.76. The molecule has 11 aromatic heterocycles. The summed E-state index contributed by atoms with van der Waals surface area (Å²) in [6, 6.07) is 1.52. The number of nitrogens with two attached hydrogens (primary N) is 5. The monoisotopic (exact) mass is 2090 g/mol. The Labute approximate surface area is 777 Å². The molecule has 0 spiro atoms. The molecule has 31 atom stereocenters. The lowest BCUT2D eigenvalue weighted by molar-refractivity contribution is -0.0711. The molecular formula is C67H86N28O39P6. The maximum atomic E-state index is 13.3. The van der Waals surface area contributed by atoms with E-state index in [9.17, 15) is 102 Å². The third-order valence-corrected chi connectivity index (χ3v) is 29.5. The molecule has 9 fully saturated rings. The molecule has 73 heteroatoms. The molecule has 13 unspecified atom stereocenters. The number of anilines is 5. The summed E-state index contributed by atoms with van der Waals surface area (Å²) in [6.45, 7) is -1.08. The van der Waals surface area contributed by atoms with E-state index in [4.69, 9.17) is 112 Å². The van der Waals surface area contributed by atoms with Gasteiger partial charge in [-0.1, -0.05) is 0 Å². The van der Waals surface area contributed by atoms with Crippen LogP contribution in [-0.4, -0.2) is 343 Å². The van der Waals surface area contributed by atoms with Crippen LogP contribution in [0.25, 0.3) is 55.8 Å². The maximum absolute atomic E-state index is 13.3. The molecule has 10 aliphatic rings. The number of nitrogens with zero attached hydrogens (tertiary/aromatic N) is 19. The first-order valence-corrected chi connectivity index (χ1v) is 51.6. The number of aliphatic imine (C=N–C) groups is 1. The lowest BCUT2D eigenvalue weighted by Gasteiger charge is -2.26. The first kappa shape index (κ1) is 99.0. The van der Waals surface area contributed by atoms with Gasteiger partial charge >= 0.3 is 46.0 Å². The second-order valence-electron chi connectivity index (χ2n) is 32.8. The minimum atomic E-state index is -5.10. The van der Waals surface area contributed by atoms with Gasteiger partial charge in [-0.05, 0) is 19.9 Å². The van der Waals surface area contributed by atoms with E-state index < -0.39 is 281 Å². The highest BCUT2D eigenvalue weighted by Gasteiger charge is 2.58. The van der Waals surface area contributed by atoms with Gasteiger partial charge in [0.05, 0.1) is 83.3 Å². The average Bonchev–Trinajstić information content (AvgIpc) is 1.66. The van der Waals surface area contributed by atoms with Gasteiger partial charge in [-0.3, -0.25) is 88.1 Å². The number of aromatic nitrogens is 21. The second kappa shape index (κ2) is 38.1. The number of phosphoric acid groups is 2. The van der Waals surface area contributed by atoms with Crippen molar-refractivity contribution in [1.82, 2.24) is 102 Å². The molecule has 10 aliphatic heterocycles. The molecule has 67 nitrogen and oxygen atoms in total. The number of aryl methyl sites for hydroxylation is 1. The van der Waals surface area contributed by atoms with Crippen LogP contribution in [0, 0.1) is 6.92 Å². The van der Waals surface area contributed by atoms with Crippen molar-refractivity contribution in [2.75, 3.05) is 93.3 Å². The minimum Gasteiger partial charge on any atom is -0.397 e. The molecule has 140 heavy (non-hydrogen) atoms. The Balaban J connectivity index is 0.000000134. The Kier molecular flexibility index (Phi) is 26.9. The first-order valence-electron chi connectivity index (χ1n) is 41.5. The van der Waals surface area contributed by atoms with E-state index in [1.807, 2.05) is 0 Å². The number of H-pyrrole nitrogens is 3. The Morgan fingerprint density at radius 1 is 0.379 bits per heavy atom. The van der Waals surface area contributed by atoms with E-state index in [1.165, 1.54) is 67.3 Å². The number of rotatable bonds is 6. The number of aromatic amines is 3. The topological polar surface area (TPSA) is 949 Å². The zero-order valence-corrected chi connectivity index (χ0v) is 77.0. The van der Waals surface area contributed by atoms with Gasteiger partial charge in [0.25, 0.3) is 16.7 Å². The zero-order chi connectivity index (χ0) is 99.2. The molecule has 0 aromatic carbocycles. The van der Waals surface area contributed by atoms with Crippen LogP contribution in [0.15, 0.2) is 75.9 Å². The van der Waals surface area contributed by atoms with Crippen molar-refractivity contribution in [3.8, 4) is 0 Å². The fourth-order valence-electron chi connectivity index (χ4n) is 16.8. The molecule has 21 heterocycles. The number of fused-ring (bicyclic) bond motifs is 18. The van der Waals surface area contributed by atoms with Crippen LogP contribution in [0.2, 0.25) is 0 Å². The standard InChI is InChI=1S/C23H29N9O14P2.C22H30N10O12P2.C22H27N9O13P2/c1-8-27-17-11(19(35)28-8)25-4-31(17)21-15-13(33)9(45-21)2-43-48(39,40)7-42-16-14(34)10(3-44-47(37,38)6-41-15)46-22(16)32-5-26-12-18(32)29-23(24)30-20(12)36;1-8-29-18(24)12-20(30-8)32(6-28-12)21-15-13(33)10(42-21)3-41-46(37,38)44-16-14(34)9(2-40-45(35,36)7-39-15)43-22(16)31-5-27-11-17(23)25-4-26-19(11)31;23-8-1-2-25-17-11(8)26-5-30(17)20-15-13(32)10(42-20)4-41-46(37,38)44-16-14(33)9(3-40-45(35,36)7-39-15)43-21(16)31-6-27-12-18(31)28-22(24)29-19(12)34/h4-5,9-10,13-16,21-22,33-34H,2-3,6-7H2,1H3,(H,37,38)(H,39,40)(H,27,28,35)(H3,24,29,30,36);4-6,9-10,13-16,18,21-22,33-34H,2-3,7,24H2,1H3,(H,29,30)(H,35,36)(H,37,38)(H2,23,25,26);1-2,5-6,9-10,13-16,20-21,32-33H,3-4,7H2,(H2,23,25)(H,35,36)(H,37,38)(H3,24,28,29,34)/t9-,10-,13?,14?,15+,16+,21-,22-;9-,10-,13?,14?,15+,16+,18?,21-,22-;9-,10-,13?,14?,15+,16+,20-,21-/m111/s1. The van der Waals surface area contributed by atoms with Gasteiger partial charge in [-0.15, -0.1) is 0 Å². The maximum Gasteiger partial charge on any atom is 0.472 e. The van der Waals surface area contributed by atoms with Crippen LogP contribution in [-0.2, 0) is 111 Å². The molecule has 26 N–H and O–H groups in total. The number of imidazole rings is 6. The summed E-state index contributed by atoms with van der Waals surface area (Å²) in [5.41, 5.74) is 28.4. The number of hydrogen-bond donors (Lipinski definition) is 21. The highest BCUT2D eigenvalue weighted by atomic mass is 31.2. The quantitative estimate of drug-likeness (QED) is 0.0692. The Morgan fingerprint density at radius 2 is 0.700 bits per heavy atom. The number of nitrogens with one attached hydrogen (secondary N) is 4. The normalized spacial score (nSPS) is 38.0. The average molecular weight is 2090 g/mol. The lowest BCUT2D eigenvalue weighted by Crippen LogP contribution is -2.37. The molecule has 12 bridgehead atoms. The van der Waals surface area contributed by atoms with Crippen molar-refractivity contribution in [3.05, 3.63) is 99.1 Å². The van der Waals surface area contributed by atoms with Crippen LogP contribution in [0.4, 0.5) is 29.2 Å². The molecule has 0 radical (unpaired) electrons. The number of aliphatic hydroxyl groups is 6. The van der Waals surface area contributed by atoms with Crippen molar-refractivity contribution in [1.29, 1.82) is 0 Å². The van der Waals surface area contributed by atoms with Crippen molar-refractivity contribution in [2.24, 2.45) is 10.7 Å². The van der Waals surface area contributed by atoms with Gasteiger partial charge < -0.3 is 164 Å². The fourth-order valence-corrected chi connectivity index (χ4v) is 21.9. The predicted octanol–water partition coefficient (Wildman–Crippen LogP) is -5.25. The third kappa shape index (κ3) is 19.5. The van der Waals surface area contributed by atoms with Crippen LogP contribution in [0.1, 0.15) is 62.0 Å². The Bertz CT molecular complexity index is 6960. The van der Waals surface area contributed by atoms with Gasteiger partial charge in [-0.25, -0.2) is 64.0 Å². The molecule has 21 rings (SSSR count). The molecule has 0 saturated carbocycles. The predicted molar refractivity (Wildman–Crippen MR) is 458 cm³/mol. The van der Waals surface area contributed by atoms with Crippen LogP contribution < -0.4 is 50.7 Å². The highest BCUT2D eigenvalue weighted by Crippen LogP contribution is 2.57. The van der Waals surface area contributed by atoms with Crippen LogP contribution in [0.3, 0.4) is 0 Å². The van der Waals surface area contributed by atoms with Crippen LogP contribution in [0.5, 0.6) is 0 Å². The number of amidine groups is 1. The van der Waals surface area contributed by atoms with Crippen molar-refractivity contribution in [2.45, 2.75) is 167 Å². The van der Waals surface area contributed by atoms with Gasteiger partial charge in [0.1, 0.15) is 182 Å². The lowest BCUT2D eigenvalue weighted by atomic mass is 10.1. The summed E-state index contributed by atoms with van der Waals surface area (Å²) in [5, 5.41) is 69.7. The Morgan fingerprint density at radius 3 is 1.10 bits per heavy atom. The number of phosphoric ester groups is 2. The molecular weight excluding hydrogens is 2010 g/mol. The molecule has 758 valence electrons. The molecule has 11 aromatic rings. The van der Waals surface area contributed by atoms with E-state index in [-0.39, 0.29) is 73.8 Å². The number of nitrogen functional groups attached to an aromatic ring is 4. The summed E-state index contributed by atoms with van der Waals surface area (Å²) in [7, 11) is -28.6. The van der Waals surface area contributed by atoms with E-state index in [0.717, 1.165) is 23.5 Å². The van der Waals surface area contributed by atoms with Gasteiger partial charge in [0.2, 0.25) is 11.9 Å². The minimum absolute atomic E-state index is 0.0383. The summed E-state index contributed by atoms with van der Waals surface area (Å²) in [5.74, 6) is 0.576. The SMILES string of the molecule is CC1=NC(N)c2ncn([C@@H]3O[C@@H]4COP(=O)(O)O[C@H]5C(O)[C@@H](COP(=O)(O)CO[C@H]3C4O)O[C@H]5n3cnc4c(N)ncnc43)c2N1.Cc1nc2c(ncn2[C@@H]2O[C@@H]3COP(=O)(O)CO[C@H]4C(O)[C@@H](COP(=O)(O)CO[C@H]2C3O)O[C@H]4n2cnc3c(=O)[nH]c(N)nc32)c(=O)[nH]1.Nc1nc2c(ncn2[C@@H]2O[C@@H]3COP(=O)(O)CO[C@H]4C(O)[C@@H](COP(=O)(O)O[C@H]2C3O)O[C@H]4n2cnc3c(N)ccnc32)c(=O)[nH]1. The largest absolute Gasteiger partial charge is 0.472 e. The fraction of sp³-hybridized carbons (Fsp3) is 0.552. The second-order valence-corrected chi connectivity index (χ2v) is 42.8. The van der Waals surface area contributed by atoms with Crippen molar-refractivity contribution < 1.29 is 171 Å². The van der Waals surface area contributed by atoms with Gasteiger partial charge in [0, 0.05) is 6.20 Å². The van der Waals surface area contributed by atoms with Gasteiger partial charge in [0.15, 0.2) is 88.0 Å². The van der Waals surface area contributed by atoms with Crippen molar-refractivity contribution >= 4 is 137 Å². The van der Waals surface area contributed by atoms with E-state index in [1.54, 1.807) is 6.92 Å². The number of aliphatic hydroxyl groups excluding tert-OH is 6. The first-order chi connectivity index (χ1) is 66.3. The van der Waals surface area contributed by atoms with Crippen molar-refractivity contribution in [3.63, 3.8) is 0 Å². The van der Waals surface area contributed by atoms with Crippen LogP contribution >= 0.6 is 46.0 Å².